The molecule has 0 bridgehead atoms. The number of hydrogen-bond acceptors (Lipinski definition) is 2. The van der Waals surface area contributed by atoms with Gasteiger partial charge in [-0.2, -0.15) is 0 Å². The zero-order valence-electron chi connectivity index (χ0n) is 10.9. The van der Waals surface area contributed by atoms with Crippen LogP contribution in [0.5, 0.6) is 0 Å². The molecule has 1 aliphatic rings. The van der Waals surface area contributed by atoms with E-state index in [4.69, 9.17) is 0 Å². The van der Waals surface area contributed by atoms with Gasteiger partial charge in [0, 0.05) is 18.8 Å². The topological polar surface area (TPSA) is 61.4 Å². The molecule has 0 radical (unpaired) electrons. The van der Waals surface area contributed by atoms with Crippen LogP contribution in [0.25, 0.3) is 0 Å². The predicted octanol–water partition coefficient (Wildman–Crippen LogP) is 1.57. The first-order valence-corrected chi connectivity index (χ1v) is 6.04. The molecule has 1 aromatic rings. The van der Waals surface area contributed by atoms with Crippen molar-refractivity contribution in [2.24, 2.45) is 0 Å². The van der Waals surface area contributed by atoms with Crippen molar-refractivity contribution in [1.82, 2.24) is 10.2 Å². The number of halogens is 1. The highest BCUT2D eigenvalue weighted by Gasteiger charge is 2.40. The van der Waals surface area contributed by atoms with Crippen molar-refractivity contribution < 1.29 is 14.0 Å². The summed E-state index contributed by atoms with van der Waals surface area (Å²) in [5.41, 5.74) is -0.407. The SMILES string of the molecule is CC1(C)C(=O)NCCN1C(=O)Nc1ccc(F)cc1. The fourth-order valence-corrected chi connectivity index (χ4v) is 1.98. The van der Waals surface area contributed by atoms with Crippen molar-refractivity contribution in [3.8, 4) is 0 Å². The largest absolute Gasteiger partial charge is 0.352 e. The highest BCUT2D eigenvalue weighted by atomic mass is 19.1. The Bertz CT molecular complexity index is 499. The third kappa shape index (κ3) is 2.67. The summed E-state index contributed by atoms with van der Waals surface area (Å²) in [4.78, 5) is 25.4. The molecular formula is C13H16FN3O2. The molecule has 2 N–H and O–H groups in total. The van der Waals surface area contributed by atoms with Gasteiger partial charge in [0.05, 0.1) is 0 Å². The molecule has 1 heterocycles. The zero-order valence-corrected chi connectivity index (χ0v) is 10.9. The summed E-state index contributed by atoms with van der Waals surface area (Å²) in [5.74, 6) is -0.552. The Morgan fingerprint density at radius 2 is 2.00 bits per heavy atom. The minimum Gasteiger partial charge on any atom is -0.352 e. The summed E-state index contributed by atoms with van der Waals surface area (Å²) < 4.78 is 12.8. The first-order valence-electron chi connectivity index (χ1n) is 6.04. The van der Waals surface area contributed by atoms with Crippen LogP contribution in [0.4, 0.5) is 14.9 Å². The van der Waals surface area contributed by atoms with Gasteiger partial charge >= 0.3 is 6.03 Å². The van der Waals surface area contributed by atoms with Crippen LogP contribution < -0.4 is 10.6 Å². The van der Waals surface area contributed by atoms with Crippen LogP contribution in [0.2, 0.25) is 0 Å². The van der Waals surface area contributed by atoms with Crippen LogP contribution >= 0.6 is 0 Å². The van der Waals surface area contributed by atoms with Crippen LogP contribution in [0.1, 0.15) is 13.8 Å². The number of urea groups is 1. The van der Waals surface area contributed by atoms with Crippen LogP contribution in [0, 0.1) is 5.82 Å². The maximum atomic E-state index is 12.8. The number of amides is 3. The number of anilines is 1. The van der Waals surface area contributed by atoms with Crippen molar-refractivity contribution in [2.45, 2.75) is 19.4 Å². The molecule has 5 nitrogen and oxygen atoms in total. The van der Waals surface area contributed by atoms with Gasteiger partial charge in [-0.3, -0.25) is 4.79 Å². The van der Waals surface area contributed by atoms with E-state index in [1.165, 1.54) is 29.2 Å². The molecule has 0 spiro atoms. The van der Waals surface area contributed by atoms with Crippen molar-refractivity contribution in [2.75, 3.05) is 18.4 Å². The molecule has 0 atom stereocenters. The lowest BCUT2D eigenvalue weighted by Crippen LogP contribution is -2.64. The lowest BCUT2D eigenvalue weighted by Gasteiger charge is -2.40. The Kier molecular flexibility index (Phi) is 3.42. The van der Waals surface area contributed by atoms with Crippen molar-refractivity contribution >= 4 is 17.6 Å². The Morgan fingerprint density at radius 1 is 1.37 bits per heavy atom. The molecule has 6 heteroatoms. The van der Waals surface area contributed by atoms with E-state index >= 15 is 0 Å². The van der Waals surface area contributed by atoms with E-state index in [-0.39, 0.29) is 17.8 Å². The zero-order chi connectivity index (χ0) is 14.0. The van der Waals surface area contributed by atoms with Crippen molar-refractivity contribution in [3.63, 3.8) is 0 Å². The summed E-state index contributed by atoms with van der Waals surface area (Å²) in [7, 11) is 0. The van der Waals surface area contributed by atoms with Gasteiger partial charge in [0.1, 0.15) is 11.4 Å². The summed E-state index contributed by atoms with van der Waals surface area (Å²) in [6.07, 6.45) is 0. The highest BCUT2D eigenvalue weighted by molar-refractivity contribution is 5.96. The second kappa shape index (κ2) is 4.87. The minimum absolute atomic E-state index is 0.187. The number of carbonyl (C=O) groups excluding carboxylic acids is 2. The lowest BCUT2D eigenvalue weighted by atomic mass is 9.99. The maximum Gasteiger partial charge on any atom is 0.322 e. The molecule has 0 saturated carbocycles. The average Bonchev–Trinajstić information content (AvgIpc) is 2.35. The third-order valence-corrected chi connectivity index (χ3v) is 3.19. The summed E-state index contributed by atoms with van der Waals surface area (Å²) in [6, 6.07) is 5.12. The van der Waals surface area contributed by atoms with Gasteiger partial charge in [0.15, 0.2) is 0 Å². The van der Waals surface area contributed by atoms with E-state index in [9.17, 15) is 14.0 Å². The standard InChI is InChI=1S/C13H16FN3O2/c1-13(2)11(18)15-7-8-17(13)12(19)16-10-5-3-9(14)4-6-10/h3-6H,7-8H2,1-2H3,(H,15,18)(H,16,19). The number of nitrogens with one attached hydrogen (secondary N) is 2. The van der Waals surface area contributed by atoms with Gasteiger partial charge < -0.3 is 15.5 Å². The smallest absolute Gasteiger partial charge is 0.322 e. The van der Waals surface area contributed by atoms with Crippen LogP contribution in [0.3, 0.4) is 0 Å². The van der Waals surface area contributed by atoms with E-state index in [0.717, 1.165) is 0 Å². The molecule has 0 aliphatic carbocycles. The van der Waals surface area contributed by atoms with Gasteiger partial charge in [-0.05, 0) is 38.1 Å². The fourth-order valence-electron chi connectivity index (χ4n) is 1.98. The maximum absolute atomic E-state index is 12.8. The first-order chi connectivity index (χ1) is 8.91. The van der Waals surface area contributed by atoms with Crippen LogP contribution in [-0.2, 0) is 4.79 Å². The number of carbonyl (C=O) groups is 2. The van der Waals surface area contributed by atoms with E-state index in [2.05, 4.69) is 10.6 Å². The summed E-state index contributed by atoms with van der Waals surface area (Å²) in [5, 5.41) is 5.37. The molecule has 102 valence electrons. The van der Waals surface area contributed by atoms with E-state index in [1.54, 1.807) is 13.8 Å². The molecule has 1 saturated heterocycles. The molecular weight excluding hydrogens is 249 g/mol. The van der Waals surface area contributed by atoms with Crippen LogP contribution in [0.15, 0.2) is 24.3 Å². The number of nitrogens with zero attached hydrogens (tertiary/aromatic N) is 1. The fraction of sp³-hybridized carbons (Fsp3) is 0.385. The second-order valence-corrected chi connectivity index (χ2v) is 4.90. The molecule has 2 rings (SSSR count). The second-order valence-electron chi connectivity index (χ2n) is 4.90. The van der Waals surface area contributed by atoms with Crippen molar-refractivity contribution in [1.29, 1.82) is 0 Å². The minimum atomic E-state index is -0.900. The molecule has 0 aromatic heterocycles. The van der Waals surface area contributed by atoms with Gasteiger partial charge in [0.2, 0.25) is 5.91 Å². The predicted molar refractivity (Wildman–Crippen MR) is 69.2 cm³/mol. The van der Waals surface area contributed by atoms with Gasteiger partial charge in [0.25, 0.3) is 0 Å². The Hall–Kier alpha value is -2.11. The Balaban J connectivity index is 2.11. The number of hydrogen-bond donors (Lipinski definition) is 2. The van der Waals surface area contributed by atoms with Crippen LogP contribution in [-0.4, -0.2) is 35.5 Å². The van der Waals surface area contributed by atoms with E-state index in [0.29, 0.717) is 18.8 Å². The monoisotopic (exact) mass is 265 g/mol. The Morgan fingerprint density at radius 3 is 2.63 bits per heavy atom. The van der Waals surface area contributed by atoms with Gasteiger partial charge in [-0.25, -0.2) is 9.18 Å². The molecule has 1 aliphatic heterocycles. The normalized spacial score (nSPS) is 17.8. The van der Waals surface area contributed by atoms with E-state index < -0.39 is 5.54 Å². The number of benzene rings is 1. The first kappa shape index (κ1) is 13.3. The lowest BCUT2D eigenvalue weighted by molar-refractivity contribution is -0.132. The quantitative estimate of drug-likeness (QED) is 0.809. The molecule has 1 aromatic carbocycles. The summed E-state index contributed by atoms with van der Waals surface area (Å²) in [6.45, 7) is 4.24. The summed E-state index contributed by atoms with van der Waals surface area (Å²) >= 11 is 0. The highest BCUT2D eigenvalue weighted by Crippen LogP contribution is 2.19. The number of rotatable bonds is 1. The van der Waals surface area contributed by atoms with Gasteiger partial charge in [-0.15, -0.1) is 0 Å². The van der Waals surface area contributed by atoms with E-state index in [1.807, 2.05) is 0 Å². The molecule has 0 unspecified atom stereocenters. The van der Waals surface area contributed by atoms with Gasteiger partial charge in [-0.1, -0.05) is 0 Å². The third-order valence-electron chi connectivity index (χ3n) is 3.19. The molecule has 19 heavy (non-hydrogen) atoms. The molecule has 3 amide bonds. The Labute approximate surface area is 110 Å². The molecule has 1 fully saturated rings. The number of piperazine rings is 1. The van der Waals surface area contributed by atoms with Crippen molar-refractivity contribution in [3.05, 3.63) is 30.1 Å². The average molecular weight is 265 g/mol.